The minimum Gasteiger partial charge on any atom is -0.508 e. The maximum Gasteiger partial charge on any atom is 0.255 e. The molecule has 0 radical (unpaired) electrons. The van der Waals surface area contributed by atoms with Crippen molar-refractivity contribution in [1.29, 1.82) is 0 Å². The number of nitrogens with zero attached hydrogens (tertiary/aromatic N) is 6. The molecule has 3 amide bonds. The first-order valence-corrected chi connectivity index (χ1v) is 20.3. The van der Waals surface area contributed by atoms with Gasteiger partial charge in [-0.15, -0.1) is 0 Å². The quantitative estimate of drug-likeness (QED) is 0.237. The van der Waals surface area contributed by atoms with Gasteiger partial charge in [-0.2, -0.15) is 5.10 Å². The van der Waals surface area contributed by atoms with E-state index in [1.54, 1.807) is 4.90 Å². The number of allylic oxidation sites excluding steroid dienone is 1. The lowest BCUT2D eigenvalue weighted by Gasteiger charge is -2.40. The number of amides is 3. The van der Waals surface area contributed by atoms with Crippen LogP contribution in [0.4, 0.5) is 11.4 Å². The number of piperazine rings is 1. The SMILES string of the molecule is Cc1nn(C)cc1C1=C(c2ccc(N3CCC(CN4CCN(c5ccc6c(c5)CN(C5CCC(=O)NC5=O)C6=O)CC4)CC3)cc2)c2ccc(O)cc2CCC1. The summed E-state index contributed by atoms with van der Waals surface area (Å²) in [6.07, 6.45) is 8.07. The Labute approximate surface area is 328 Å². The van der Waals surface area contributed by atoms with Crippen molar-refractivity contribution in [2.24, 2.45) is 13.0 Å². The number of carbonyl (C=O) groups excluding carboxylic acids is 3. The zero-order chi connectivity index (χ0) is 38.5. The summed E-state index contributed by atoms with van der Waals surface area (Å²) in [5, 5.41) is 17.4. The predicted octanol–water partition coefficient (Wildman–Crippen LogP) is 5.53. The predicted molar refractivity (Wildman–Crippen MR) is 217 cm³/mol. The van der Waals surface area contributed by atoms with Gasteiger partial charge in [0, 0.05) is 94.5 Å². The zero-order valence-corrected chi connectivity index (χ0v) is 32.5. The fourth-order valence-corrected chi connectivity index (χ4v) is 9.79. The molecule has 11 heteroatoms. The molecule has 1 aromatic heterocycles. The molecule has 4 aliphatic heterocycles. The van der Waals surface area contributed by atoms with Gasteiger partial charge < -0.3 is 19.8 Å². The van der Waals surface area contributed by atoms with Crippen LogP contribution in [-0.4, -0.2) is 94.3 Å². The number of phenols is 1. The summed E-state index contributed by atoms with van der Waals surface area (Å²) in [4.78, 5) is 46.5. The minimum atomic E-state index is -0.589. The Hall–Kier alpha value is -5.42. The third kappa shape index (κ3) is 6.97. The van der Waals surface area contributed by atoms with Gasteiger partial charge in [0.05, 0.1) is 5.69 Å². The highest BCUT2D eigenvalue weighted by Gasteiger charge is 2.39. The molecular weight excluding hydrogens is 703 g/mol. The van der Waals surface area contributed by atoms with E-state index in [1.807, 2.05) is 36.0 Å². The zero-order valence-electron chi connectivity index (χ0n) is 32.5. The Bertz CT molecular complexity index is 2210. The maximum atomic E-state index is 13.2. The molecule has 0 bridgehead atoms. The van der Waals surface area contributed by atoms with Gasteiger partial charge in [-0.25, -0.2) is 0 Å². The first-order chi connectivity index (χ1) is 27.2. The number of hydrogen-bond acceptors (Lipinski definition) is 8. The van der Waals surface area contributed by atoms with E-state index in [2.05, 4.69) is 74.6 Å². The topological polar surface area (TPSA) is 114 Å². The maximum absolute atomic E-state index is 13.2. The van der Waals surface area contributed by atoms with Crippen LogP contribution in [0, 0.1) is 12.8 Å². The molecule has 290 valence electrons. The smallest absolute Gasteiger partial charge is 0.255 e. The van der Waals surface area contributed by atoms with Crippen molar-refractivity contribution >= 4 is 40.2 Å². The molecule has 9 rings (SSSR count). The van der Waals surface area contributed by atoms with Gasteiger partial charge in [0.2, 0.25) is 11.8 Å². The first-order valence-electron chi connectivity index (χ1n) is 20.3. The van der Waals surface area contributed by atoms with Gasteiger partial charge >= 0.3 is 0 Å². The van der Waals surface area contributed by atoms with Crippen LogP contribution in [0.5, 0.6) is 5.75 Å². The Morgan fingerprint density at radius 1 is 0.768 bits per heavy atom. The number of rotatable bonds is 7. The number of piperidine rings is 2. The number of carbonyl (C=O) groups is 3. The fraction of sp³-hybridized carbons (Fsp3) is 0.422. The number of aromatic nitrogens is 2. The molecule has 3 saturated heterocycles. The molecular formula is C45H51N7O4. The molecule has 56 heavy (non-hydrogen) atoms. The third-order valence-corrected chi connectivity index (χ3v) is 12.8. The molecule has 1 unspecified atom stereocenters. The van der Waals surface area contributed by atoms with Crippen molar-refractivity contribution in [3.8, 4) is 5.75 Å². The average Bonchev–Trinajstić information content (AvgIpc) is 3.64. The van der Waals surface area contributed by atoms with E-state index in [4.69, 9.17) is 0 Å². The van der Waals surface area contributed by atoms with Crippen molar-refractivity contribution in [2.75, 3.05) is 55.6 Å². The van der Waals surface area contributed by atoms with Gasteiger partial charge in [0.25, 0.3) is 5.91 Å². The van der Waals surface area contributed by atoms with E-state index < -0.39 is 6.04 Å². The van der Waals surface area contributed by atoms with Crippen LogP contribution in [-0.2, 0) is 29.6 Å². The number of fused-ring (bicyclic) bond motifs is 2. The van der Waals surface area contributed by atoms with Crippen molar-refractivity contribution < 1.29 is 19.5 Å². The molecule has 5 heterocycles. The molecule has 11 nitrogen and oxygen atoms in total. The van der Waals surface area contributed by atoms with Crippen LogP contribution in [0.25, 0.3) is 11.1 Å². The van der Waals surface area contributed by atoms with E-state index >= 15 is 0 Å². The van der Waals surface area contributed by atoms with Crippen molar-refractivity contribution in [3.05, 3.63) is 106 Å². The monoisotopic (exact) mass is 753 g/mol. The highest BCUT2D eigenvalue weighted by molar-refractivity contribution is 6.05. The molecule has 0 spiro atoms. The van der Waals surface area contributed by atoms with Gasteiger partial charge in [-0.1, -0.05) is 18.2 Å². The Morgan fingerprint density at radius 3 is 2.23 bits per heavy atom. The normalized spacial score (nSPS) is 21.0. The second-order valence-electron chi connectivity index (χ2n) is 16.4. The Balaban J connectivity index is 0.805. The number of phenolic OH excluding ortho intramolecular Hbond substituents is 1. The second-order valence-corrected chi connectivity index (χ2v) is 16.4. The highest BCUT2D eigenvalue weighted by Crippen LogP contribution is 2.42. The van der Waals surface area contributed by atoms with Gasteiger partial charge in [-0.05, 0) is 127 Å². The number of nitrogens with one attached hydrogen (secondary N) is 1. The lowest BCUT2D eigenvalue weighted by molar-refractivity contribution is -0.136. The second kappa shape index (κ2) is 14.9. The number of benzene rings is 3. The number of hydrogen-bond donors (Lipinski definition) is 2. The molecule has 3 fully saturated rings. The van der Waals surface area contributed by atoms with Crippen molar-refractivity contribution in [1.82, 2.24) is 24.9 Å². The van der Waals surface area contributed by atoms with E-state index in [9.17, 15) is 19.5 Å². The molecule has 4 aromatic rings. The number of aryl methyl sites for hydroxylation is 3. The summed E-state index contributed by atoms with van der Waals surface area (Å²) >= 11 is 0. The highest BCUT2D eigenvalue weighted by atomic mass is 16.3. The molecule has 5 aliphatic rings. The minimum absolute atomic E-state index is 0.124. The summed E-state index contributed by atoms with van der Waals surface area (Å²) in [5.41, 5.74) is 12.5. The van der Waals surface area contributed by atoms with Crippen LogP contribution in [0.3, 0.4) is 0 Å². The summed E-state index contributed by atoms with van der Waals surface area (Å²) < 4.78 is 1.91. The third-order valence-electron chi connectivity index (χ3n) is 12.8. The number of imide groups is 1. The Kier molecular flexibility index (Phi) is 9.65. The fourth-order valence-electron chi connectivity index (χ4n) is 9.79. The van der Waals surface area contributed by atoms with Crippen LogP contribution in [0.2, 0.25) is 0 Å². The van der Waals surface area contributed by atoms with Gasteiger partial charge in [0.15, 0.2) is 0 Å². The van der Waals surface area contributed by atoms with Crippen molar-refractivity contribution in [3.63, 3.8) is 0 Å². The largest absolute Gasteiger partial charge is 0.508 e. The van der Waals surface area contributed by atoms with E-state index in [0.29, 0.717) is 30.2 Å². The number of anilines is 2. The lowest BCUT2D eigenvalue weighted by Crippen LogP contribution is -2.52. The molecule has 0 saturated carbocycles. The van der Waals surface area contributed by atoms with E-state index in [-0.39, 0.29) is 24.1 Å². The lowest BCUT2D eigenvalue weighted by atomic mass is 9.87. The van der Waals surface area contributed by atoms with Crippen LogP contribution in [0.1, 0.15) is 82.4 Å². The summed E-state index contributed by atoms with van der Waals surface area (Å²) in [7, 11) is 1.99. The van der Waals surface area contributed by atoms with E-state index in [0.717, 1.165) is 82.0 Å². The molecule has 1 aliphatic carbocycles. The first kappa shape index (κ1) is 36.2. The average molecular weight is 754 g/mol. The summed E-state index contributed by atoms with van der Waals surface area (Å²) in [6.45, 7) is 9.65. The number of aromatic hydroxyl groups is 1. The Morgan fingerprint density at radius 2 is 1.50 bits per heavy atom. The van der Waals surface area contributed by atoms with E-state index in [1.165, 1.54) is 51.9 Å². The molecule has 3 aromatic carbocycles. The molecule has 2 N–H and O–H groups in total. The van der Waals surface area contributed by atoms with Crippen molar-refractivity contribution in [2.45, 2.75) is 64.5 Å². The van der Waals surface area contributed by atoms with Crippen LogP contribution < -0.4 is 15.1 Å². The summed E-state index contributed by atoms with van der Waals surface area (Å²) in [6, 6.07) is 20.5. The van der Waals surface area contributed by atoms with Gasteiger partial charge in [0.1, 0.15) is 11.8 Å². The van der Waals surface area contributed by atoms with Crippen LogP contribution >= 0.6 is 0 Å². The standard InChI is InChI=1S/C45H51N7O4/c1-29-40(28-48(2)47-29)39-5-3-4-32-25-36(53)11-13-37(32)43(39)31-6-8-34(9-7-31)50-18-16-30(17-19-50)26-49-20-22-51(23-21-49)35-10-12-38-33(24-35)27-52(45(38)56)41-14-15-42(54)46-44(41)55/h6-13,24-25,28,30,41,53H,3-5,14-23,26-27H2,1-2H3,(H,46,54,55). The van der Waals surface area contributed by atoms with Crippen LogP contribution in [0.15, 0.2) is 66.9 Å². The summed E-state index contributed by atoms with van der Waals surface area (Å²) in [5.74, 6) is 0.233. The van der Waals surface area contributed by atoms with Gasteiger partial charge in [-0.3, -0.25) is 29.3 Å². The molecule has 1 atom stereocenters.